The number of thiocarbonyl (C=S) groups is 1. The maximum Gasteiger partial charge on any atom is 0.246 e. The molecule has 1 heterocycles. The highest BCUT2D eigenvalue weighted by atomic mass is 79.9. The van der Waals surface area contributed by atoms with Gasteiger partial charge in [-0.2, -0.15) is 4.98 Å². The molecule has 0 saturated carbocycles. The quantitative estimate of drug-likeness (QED) is 0.547. The van der Waals surface area contributed by atoms with Gasteiger partial charge in [-0.1, -0.05) is 33.2 Å². The lowest BCUT2D eigenvalue weighted by molar-refractivity contribution is 0.355. The van der Waals surface area contributed by atoms with Crippen LogP contribution in [0.25, 0.3) is 11.4 Å². The number of ether oxygens (including phenoxy) is 2. The van der Waals surface area contributed by atoms with Crippen LogP contribution in [0.1, 0.15) is 5.89 Å². The Morgan fingerprint density at radius 3 is 2.70 bits per heavy atom. The lowest BCUT2D eigenvalue weighted by atomic mass is 10.2. The van der Waals surface area contributed by atoms with E-state index in [-0.39, 0.29) is 0 Å². The van der Waals surface area contributed by atoms with E-state index in [2.05, 4.69) is 36.7 Å². The standard InChI is InChI=1S/C18H17BrN4O3S/c1-24-14-7-6-13(9-15(14)25-2)21-18(27)20-10-16-22-17(23-26-16)11-4-3-5-12(19)8-11/h3-9H,10H2,1-2H3,(H2,20,21,27). The molecule has 1 aromatic heterocycles. The first-order valence-corrected chi connectivity index (χ1v) is 9.14. The number of nitrogens with zero attached hydrogens (tertiary/aromatic N) is 2. The predicted octanol–water partition coefficient (Wildman–Crippen LogP) is 4.00. The van der Waals surface area contributed by atoms with E-state index in [1.165, 1.54) is 0 Å². The highest BCUT2D eigenvalue weighted by Gasteiger charge is 2.10. The number of nitrogens with one attached hydrogen (secondary N) is 2. The summed E-state index contributed by atoms with van der Waals surface area (Å²) in [4.78, 5) is 4.37. The molecule has 0 atom stereocenters. The molecule has 27 heavy (non-hydrogen) atoms. The fourth-order valence-electron chi connectivity index (χ4n) is 2.32. The van der Waals surface area contributed by atoms with Gasteiger partial charge in [0.1, 0.15) is 0 Å². The second-order valence-electron chi connectivity index (χ2n) is 5.40. The molecule has 0 aliphatic heterocycles. The van der Waals surface area contributed by atoms with Gasteiger partial charge in [0.05, 0.1) is 20.8 Å². The van der Waals surface area contributed by atoms with Crippen molar-refractivity contribution < 1.29 is 14.0 Å². The van der Waals surface area contributed by atoms with Crippen LogP contribution in [0.15, 0.2) is 51.5 Å². The topological polar surface area (TPSA) is 81.4 Å². The van der Waals surface area contributed by atoms with Crippen LogP contribution >= 0.6 is 28.1 Å². The van der Waals surface area contributed by atoms with Crippen molar-refractivity contribution in [2.24, 2.45) is 0 Å². The minimum atomic E-state index is 0.306. The minimum Gasteiger partial charge on any atom is -0.493 e. The molecule has 0 bridgehead atoms. The highest BCUT2D eigenvalue weighted by Crippen LogP contribution is 2.29. The van der Waals surface area contributed by atoms with Crippen molar-refractivity contribution in [3.8, 4) is 22.9 Å². The van der Waals surface area contributed by atoms with Crippen molar-refractivity contribution in [1.82, 2.24) is 15.5 Å². The lowest BCUT2D eigenvalue weighted by Crippen LogP contribution is -2.28. The monoisotopic (exact) mass is 448 g/mol. The van der Waals surface area contributed by atoms with Crippen molar-refractivity contribution >= 4 is 38.9 Å². The van der Waals surface area contributed by atoms with Crippen LogP contribution in [0, 0.1) is 0 Å². The third kappa shape index (κ3) is 4.95. The zero-order valence-corrected chi connectivity index (χ0v) is 17.1. The lowest BCUT2D eigenvalue weighted by Gasteiger charge is -2.12. The van der Waals surface area contributed by atoms with Gasteiger partial charge < -0.3 is 24.6 Å². The molecule has 0 aliphatic carbocycles. The molecule has 9 heteroatoms. The largest absolute Gasteiger partial charge is 0.493 e. The average Bonchev–Trinajstić information content (AvgIpc) is 3.15. The third-order valence-electron chi connectivity index (χ3n) is 3.59. The molecule has 2 N–H and O–H groups in total. The predicted molar refractivity (Wildman–Crippen MR) is 110 cm³/mol. The molecule has 140 valence electrons. The first-order valence-electron chi connectivity index (χ1n) is 7.94. The number of anilines is 1. The maximum absolute atomic E-state index is 5.30. The Hall–Kier alpha value is -2.65. The summed E-state index contributed by atoms with van der Waals surface area (Å²) in [5.74, 6) is 2.21. The van der Waals surface area contributed by atoms with Gasteiger partial charge in [0.15, 0.2) is 16.6 Å². The van der Waals surface area contributed by atoms with E-state index in [1.807, 2.05) is 30.3 Å². The van der Waals surface area contributed by atoms with E-state index in [0.717, 1.165) is 15.7 Å². The van der Waals surface area contributed by atoms with Crippen LogP contribution in [-0.4, -0.2) is 29.5 Å². The maximum atomic E-state index is 5.30. The first kappa shape index (κ1) is 19.1. The van der Waals surface area contributed by atoms with Crippen molar-refractivity contribution in [2.75, 3.05) is 19.5 Å². The normalized spacial score (nSPS) is 10.3. The molecule has 3 rings (SSSR count). The van der Waals surface area contributed by atoms with Crippen molar-refractivity contribution in [1.29, 1.82) is 0 Å². The summed E-state index contributed by atoms with van der Waals surface area (Å²) < 4.78 is 16.7. The Bertz CT molecular complexity index is 948. The van der Waals surface area contributed by atoms with Gasteiger partial charge in [0, 0.05) is 21.8 Å². The fraction of sp³-hybridized carbons (Fsp3) is 0.167. The number of halogens is 1. The Morgan fingerprint density at radius 1 is 1.15 bits per heavy atom. The summed E-state index contributed by atoms with van der Waals surface area (Å²) in [7, 11) is 3.17. The number of hydrogen-bond acceptors (Lipinski definition) is 6. The van der Waals surface area contributed by atoms with Gasteiger partial charge in [-0.15, -0.1) is 0 Å². The molecule has 0 saturated heterocycles. The number of aromatic nitrogens is 2. The Labute approximate surface area is 170 Å². The summed E-state index contributed by atoms with van der Waals surface area (Å²) in [6.45, 7) is 0.306. The van der Waals surface area contributed by atoms with Gasteiger partial charge in [0.25, 0.3) is 0 Å². The van der Waals surface area contributed by atoms with E-state index in [0.29, 0.717) is 34.9 Å². The van der Waals surface area contributed by atoms with Crippen molar-refractivity contribution in [3.63, 3.8) is 0 Å². The number of benzene rings is 2. The van der Waals surface area contributed by atoms with E-state index < -0.39 is 0 Å². The second-order valence-corrected chi connectivity index (χ2v) is 6.72. The summed E-state index contributed by atoms with van der Waals surface area (Å²) in [6, 6.07) is 13.1. The molecular formula is C18H17BrN4O3S. The van der Waals surface area contributed by atoms with Crippen LogP contribution in [-0.2, 0) is 6.54 Å². The Balaban J connectivity index is 1.58. The second kappa shape index (κ2) is 8.83. The molecule has 7 nitrogen and oxygen atoms in total. The van der Waals surface area contributed by atoms with E-state index in [4.69, 9.17) is 26.2 Å². The van der Waals surface area contributed by atoms with Gasteiger partial charge in [-0.25, -0.2) is 0 Å². The van der Waals surface area contributed by atoms with Crippen molar-refractivity contribution in [3.05, 3.63) is 52.8 Å². The number of hydrogen-bond donors (Lipinski definition) is 2. The molecule has 3 aromatic rings. The molecule has 0 aliphatic rings. The molecular weight excluding hydrogens is 432 g/mol. The Morgan fingerprint density at radius 2 is 1.96 bits per heavy atom. The summed E-state index contributed by atoms with van der Waals surface area (Å²) >= 11 is 8.73. The highest BCUT2D eigenvalue weighted by molar-refractivity contribution is 9.10. The van der Waals surface area contributed by atoms with Crippen LogP contribution in [0.4, 0.5) is 5.69 Å². The SMILES string of the molecule is COc1ccc(NC(=S)NCc2nc(-c3cccc(Br)c3)no2)cc1OC. The van der Waals surface area contributed by atoms with Gasteiger partial charge in [0.2, 0.25) is 11.7 Å². The fourth-order valence-corrected chi connectivity index (χ4v) is 2.91. The van der Waals surface area contributed by atoms with E-state index >= 15 is 0 Å². The zero-order valence-electron chi connectivity index (χ0n) is 14.7. The van der Waals surface area contributed by atoms with Crippen LogP contribution < -0.4 is 20.1 Å². The Kier molecular flexibility index (Phi) is 6.25. The van der Waals surface area contributed by atoms with E-state index in [9.17, 15) is 0 Å². The summed E-state index contributed by atoms with van der Waals surface area (Å²) in [5, 5.41) is 10.5. The molecule has 2 aromatic carbocycles. The summed E-state index contributed by atoms with van der Waals surface area (Å²) in [5.41, 5.74) is 1.64. The molecule has 0 unspecified atom stereocenters. The van der Waals surface area contributed by atoms with Crippen LogP contribution in [0.3, 0.4) is 0 Å². The van der Waals surface area contributed by atoms with Crippen molar-refractivity contribution in [2.45, 2.75) is 6.54 Å². The molecule has 0 fully saturated rings. The van der Waals surface area contributed by atoms with Gasteiger partial charge in [-0.3, -0.25) is 0 Å². The van der Waals surface area contributed by atoms with Gasteiger partial charge in [-0.05, 0) is 36.5 Å². The molecule has 0 amide bonds. The average molecular weight is 449 g/mol. The summed E-state index contributed by atoms with van der Waals surface area (Å²) in [6.07, 6.45) is 0. The van der Waals surface area contributed by atoms with Gasteiger partial charge >= 0.3 is 0 Å². The number of methoxy groups -OCH3 is 2. The van der Waals surface area contributed by atoms with Crippen LogP contribution in [0.5, 0.6) is 11.5 Å². The smallest absolute Gasteiger partial charge is 0.246 e. The zero-order chi connectivity index (χ0) is 19.2. The molecule has 0 radical (unpaired) electrons. The molecule has 0 spiro atoms. The number of rotatable bonds is 6. The third-order valence-corrected chi connectivity index (χ3v) is 4.33. The van der Waals surface area contributed by atoms with E-state index in [1.54, 1.807) is 26.4 Å². The first-order chi connectivity index (χ1) is 13.1. The minimum absolute atomic E-state index is 0.306. The van der Waals surface area contributed by atoms with Crippen LogP contribution in [0.2, 0.25) is 0 Å².